The van der Waals surface area contributed by atoms with Crippen LogP contribution in [0.1, 0.15) is 35.2 Å². The molecule has 1 amide bonds. The van der Waals surface area contributed by atoms with Gasteiger partial charge in [-0.1, -0.05) is 24.6 Å². The molecule has 1 heterocycles. The molecule has 18 heavy (non-hydrogen) atoms. The maximum atomic E-state index is 12.5. The lowest BCUT2D eigenvalue weighted by atomic mass is 9.69. The van der Waals surface area contributed by atoms with E-state index in [4.69, 9.17) is 0 Å². The highest BCUT2D eigenvalue weighted by Gasteiger charge is 2.39. The second kappa shape index (κ2) is 4.61. The maximum absolute atomic E-state index is 12.5. The molecule has 96 valence electrons. The third-order valence-electron chi connectivity index (χ3n) is 4.46. The van der Waals surface area contributed by atoms with E-state index in [2.05, 4.69) is 18.7 Å². The van der Waals surface area contributed by atoms with Crippen molar-refractivity contribution in [2.75, 3.05) is 18.8 Å². The second-order valence-electron chi connectivity index (χ2n) is 5.65. The van der Waals surface area contributed by atoms with E-state index in [1.165, 1.54) is 24.8 Å². The molecule has 0 atom stereocenters. The molecule has 0 radical (unpaired) electrons. The molecule has 0 aromatic heterocycles. The summed E-state index contributed by atoms with van der Waals surface area (Å²) in [6.45, 7) is 1.76. The average Bonchev–Trinajstić information content (AvgIpc) is 2.37. The van der Waals surface area contributed by atoms with Gasteiger partial charge in [0.2, 0.25) is 0 Å². The number of amides is 1. The summed E-state index contributed by atoms with van der Waals surface area (Å²) in [7, 11) is 0. The van der Waals surface area contributed by atoms with Crippen LogP contribution in [0.3, 0.4) is 0 Å². The fourth-order valence-corrected chi connectivity index (χ4v) is 3.49. The second-order valence-corrected chi connectivity index (χ2v) is 5.96. The van der Waals surface area contributed by atoms with Gasteiger partial charge in [-0.25, -0.2) is 0 Å². The number of carbonyl (C=O) groups excluding carboxylic acids is 1. The lowest BCUT2D eigenvalue weighted by molar-refractivity contribution is 0.0529. The largest absolute Gasteiger partial charge is 0.338 e. The van der Waals surface area contributed by atoms with E-state index in [0.717, 1.165) is 30.8 Å². The molecule has 1 aliphatic carbocycles. The number of thiol groups is 1. The molecule has 1 saturated carbocycles. The molecular weight excluding hydrogens is 242 g/mol. The van der Waals surface area contributed by atoms with Crippen LogP contribution >= 0.6 is 12.6 Å². The minimum atomic E-state index is 0.213. The van der Waals surface area contributed by atoms with E-state index in [1.807, 2.05) is 23.1 Å². The standard InChI is InChI=1S/C15H19NOS/c17-14-13-5-2-1-4-12(13)6-9-16(14)10-15(11-18)7-3-8-15/h1-2,4-5,18H,3,6-11H2. The van der Waals surface area contributed by atoms with E-state index < -0.39 is 0 Å². The summed E-state index contributed by atoms with van der Waals surface area (Å²) >= 11 is 4.48. The number of hydrogen-bond donors (Lipinski definition) is 1. The quantitative estimate of drug-likeness (QED) is 0.830. The number of rotatable bonds is 3. The number of nitrogens with zero attached hydrogens (tertiary/aromatic N) is 1. The van der Waals surface area contributed by atoms with E-state index in [0.29, 0.717) is 5.41 Å². The summed E-state index contributed by atoms with van der Waals surface area (Å²) in [6, 6.07) is 8.00. The van der Waals surface area contributed by atoms with Crippen LogP contribution in [0, 0.1) is 5.41 Å². The van der Waals surface area contributed by atoms with Gasteiger partial charge in [0.1, 0.15) is 0 Å². The molecule has 1 aromatic rings. The van der Waals surface area contributed by atoms with Crippen LogP contribution in [0.4, 0.5) is 0 Å². The van der Waals surface area contributed by atoms with E-state index in [1.54, 1.807) is 0 Å². The predicted molar refractivity (Wildman–Crippen MR) is 76.2 cm³/mol. The topological polar surface area (TPSA) is 20.3 Å². The fraction of sp³-hybridized carbons (Fsp3) is 0.533. The van der Waals surface area contributed by atoms with E-state index >= 15 is 0 Å². The molecule has 0 N–H and O–H groups in total. The summed E-state index contributed by atoms with van der Waals surface area (Å²) in [5.74, 6) is 1.11. The Balaban J connectivity index is 1.78. The number of benzene rings is 1. The van der Waals surface area contributed by atoms with Crippen molar-refractivity contribution in [3.63, 3.8) is 0 Å². The SMILES string of the molecule is O=C1c2ccccc2CCN1CC1(CS)CCC1. The molecule has 1 fully saturated rings. The van der Waals surface area contributed by atoms with Crippen molar-refractivity contribution in [3.8, 4) is 0 Å². The highest BCUT2D eigenvalue weighted by Crippen LogP contribution is 2.43. The highest BCUT2D eigenvalue weighted by atomic mass is 32.1. The molecule has 1 aromatic carbocycles. The van der Waals surface area contributed by atoms with Crippen LogP contribution < -0.4 is 0 Å². The van der Waals surface area contributed by atoms with Gasteiger partial charge in [-0.3, -0.25) is 4.79 Å². The van der Waals surface area contributed by atoms with Crippen LogP contribution in [0.25, 0.3) is 0 Å². The van der Waals surface area contributed by atoms with Crippen LogP contribution in [0.15, 0.2) is 24.3 Å². The number of fused-ring (bicyclic) bond motifs is 1. The summed E-state index contributed by atoms with van der Waals surface area (Å²) in [5.41, 5.74) is 2.40. The van der Waals surface area contributed by atoms with Gasteiger partial charge >= 0.3 is 0 Å². The Morgan fingerprint density at radius 3 is 2.72 bits per heavy atom. The van der Waals surface area contributed by atoms with Crippen LogP contribution in [-0.2, 0) is 6.42 Å². The van der Waals surface area contributed by atoms with E-state index in [9.17, 15) is 4.79 Å². The van der Waals surface area contributed by atoms with Gasteiger partial charge < -0.3 is 4.90 Å². The molecule has 3 heteroatoms. The Kier molecular flexibility index (Phi) is 3.10. The first-order valence-corrected chi connectivity index (χ1v) is 7.35. The molecule has 2 aliphatic rings. The molecule has 0 spiro atoms. The summed E-state index contributed by atoms with van der Waals surface area (Å²) < 4.78 is 0. The average molecular weight is 261 g/mol. The van der Waals surface area contributed by atoms with Gasteiger partial charge in [0.25, 0.3) is 5.91 Å². The van der Waals surface area contributed by atoms with Crippen LogP contribution in [-0.4, -0.2) is 29.6 Å². The first-order chi connectivity index (χ1) is 8.74. The van der Waals surface area contributed by atoms with Crippen LogP contribution in [0.5, 0.6) is 0 Å². The van der Waals surface area contributed by atoms with Crippen molar-refractivity contribution in [2.45, 2.75) is 25.7 Å². The third kappa shape index (κ3) is 1.95. The van der Waals surface area contributed by atoms with Crippen molar-refractivity contribution >= 4 is 18.5 Å². The Bertz CT molecular complexity index is 462. The lowest BCUT2D eigenvalue weighted by Gasteiger charge is -2.45. The molecule has 3 rings (SSSR count). The number of hydrogen-bond acceptors (Lipinski definition) is 2. The van der Waals surface area contributed by atoms with Crippen molar-refractivity contribution in [1.82, 2.24) is 4.90 Å². The zero-order valence-corrected chi connectivity index (χ0v) is 11.5. The predicted octanol–water partition coefficient (Wildman–Crippen LogP) is 2.79. The Morgan fingerprint density at radius 2 is 2.06 bits per heavy atom. The normalized spacial score (nSPS) is 21.4. The minimum Gasteiger partial charge on any atom is -0.338 e. The van der Waals surface area contributed by atoms with E-state index in [-0.39, 0.29) is 5.91 Å². The smallest absolute Gasteiger partial charge is 0.254 e. The lowest BCUT2D eigenvalue weighted by Crippen LogP contribution is -2.48. The summed E-state index contributed by atoms with van der Waals surface area (Å²) in [4.78, 5) is 14.5. The minimum absolute atomic E-state index is 0.213. The fourth-order valence-electron chi connectivity index (χ4n) is 3.07. The highest BCUT2D eigenvalue weighted by molar-refractivity contribution is 7.80. The van der Waals surface area contributed by atoms with Crippen LogP contribution in [0.2, 0.25) is 0 Å². The molecule has 1 aliphatic heterocycles. The van der Waals surface area contributed by atoms with Crippen molar-refractivity contribution in [1.29, 1.82) is 0 Å². The van der Waals surface area contributed by atoms with Gasteiger partial charge in [-0.05, 0) is 42.1 Å². The molecule has 2 nitrogen and oxygen atoms in total. The first-order valence-electron chi connectivity index (χ1n) is 6.72. The van der Waals surface area contributed by atoms with Crippen molar-refractivity contribution in [3.05, 3.63) is 35.4 Å². The summed E-state index contributed by atoms with van der Waals surface area (Å²) in [5, 5.41) is 0. The Labute approximate surface area is 114 Å². The number of carbonyl (C=O) groups is 1. The Morgan fingerprint density at radius 1 is 1.28 bits per heavy atom. The van der Waals surface area contributed by atoms with Crippen molar-refractivity contribution in [2.24, 2.45) is 5.41 Å². The zero-order chi connectivity index (χ0) is 12.6. The summed E-state index contributed by atoms with van der Waals surface area (Å²) in [6.07, 6.45) is 4.73. The molecule has 0 bridgehead atoms. The molecule has 0 saturated heterocycles. The molecule has 0 unspecified atom stereocenters. The van der Waals surface area contributed by atoms with Gasteiger partial charge in [0.15, 0.2) is 0 Å². The zero-order valence-electron chi connectivity index (χ0n) is 10.6. The van der Waals surface area contributed by atoms with Crippen molar-refractivity contribution < 1.29 is 4.79 Å². The Hall–Kier alpha value is -0.960. The maximum Gasteiger partial charge on any atom is 0.254 e. The van der Waals surface area contributed by atoms with Gasteiger partial charge in [-0.2, -0.15) is 12.6 Å². The molecular formula is C15H19NOS. The van der Waals surface area contributed by atoms with Gasteiger partial charge in [-0.15, -0.1) is 0 Å². The van der Waals surface area contributed by atoms with Gasteiger partial charge in [0.05, 0.1) is 0 Å². The van der Waals surface area contributed by atoms with Gasteiger partial charge in [0, 0.05) is 18.7 Å². The monoisotopic (exact) mass is 261 g/mol. The third-order valence-corrected chi connectivity index (χ3v) is 5.13. The first kappa shape index (κ1) is 12.1.